The second-order valence-electron chi connectivity index (χ2n) is 4.31. The minimum atomic E-state index is -0.987. The Kier molecular flexibility index (Phi) is 5.03. The zero-order valence-electron chi connectivity index (χ0n) is 12.7. The standard InChI is InChI=1S/C13H10ClN5O2.Li.H/c14-8-2-1-3-9(6-8)15-10-4-5-11-16-17-12(7-13(20)21)19(11)18-10;;/h1-6H,7H2,(H,15,18)(H,20,21);;/q;+1;-1. The molecule has 0 bridgehead atoms. The Bertz CT molecular complexity index is 829. The molecule has 0 radical (unpaired) electrons. The Labute approximate surface area is 144 Å². The zero-order valence-corrected chi connectivity index (χ0v) is 12.4. The summed E-state index contributed by atoms with van der Waals surface area (Å²) in [7, 11) is 0. The quantitative estimate of drug-likeness (QED) is 0.617. The predicted molar refractivity (Wildman–Crippen MR) is 78.0 cm³/mol. The van der Waals surface area contributed by atoms with Crippen molar-refractivity contribution in [3.63, 3.8) is 0 Å². The van der Waals surface area contributed by atoms with Crippen molar-refractivity contribution in [3.05, 3.63) is 47.2 Å². The fourth-order valence-electron chi connectivity index (χ4n) is 1.86. The van der Waals surface area contributed by atoms with Gasteiger partial charge >= 0.3 is 24.8 Å². The molecule has 2 heterocycles. The molecule has 0 spiro atoms. The third-order valence-electron chi connectivity index (χ3n) is 2.73. The van der Waals surface area contributed by atoms with Crippen molar-refractivity contribution in [2.75, 3.05) is 5.32 Å². The molecular formula is C13H11ClLiN5O2. The van der Waals surface area contributed by atoms with Gasteiger partial charge in [-0.25, -0.2) is 0 Å². The smallest absolute Gasteiger partial charge is 1.00 e. The molecule has 7 nitrogen and oxygen atoms in total. The van der Waals surface area contributed by atoms with Gasteiger partial charge in [-0.05, 0) is 30.3 Å². The Balaban J connectivity index is 0.00000132. The van der Waals surface area contributed by atoms with Crippen molar-refractivity contribution < 1.29 is 30.2 Å². The summed E-state index contributed by atoms with van der Waals surface area (Å²) in [6.45, 7) is 0. The minimum absolute atomic E-state index is 0. The minimum Gasteiger partial charge on any atom is -1.00 e. The van der Waals surface area contributed by atoms with Crippen molar-refractivity contribution in [3.8, 4) is 0 Å². The SMILES string of the molecule is O=C(O)Cc1nnc2ccc(Nc3cccc(Cl)c3)nn12.[H-].[Li+]. The Morgan fingerprint density at radius 3 is 2.86 bits per heavy atom. The van der Waals surface area contributed by atoms with Crippen LogP contribution in [0.15, 0.2) is 36.4 Å². The molecule has 3 aromatic rings. The van der Waals surface area contributed by atoms with Crippen LogP contribution in [0.2, 0.25) is 5.02 Å². The van der Waals surface area contributed by atoms with E-state index in [0.29, 0.717) is 16.5 Å². The molecule has 0 unspecified atom stereocenters. The van der Waals surface area contributed by atoms with E-state index in [0.717, 1.165) is 5.69 Å². The summed E-state index contributed by atoms with van der Waals surface area (Å²) in [5, 5.41) is 24.5. The summed E-state index contributed by atoms with van der Waals surface area (Å²) >= 11 is 5.92. The van der Waals surface area contributed by atoms with Crippen molar-refractivity contribution in [1.82, 2.24) is 19.8 Å². The average Bonchev–Trinajstić information content (AvgIpc) is 2.81. The van der Waals surface area contributed by atoms with E-state index < -0.39 is 5.97 Å². The normalized spacial score (nSPS) is 10.2. The number of rotatable bonds is 4. The number of aliphatic carboxylic acids is 1. The van der Waals surface area contributed by atoms with Gasteiger partial charge in [-0.1, -0.05) is 17.7 Å². The molecule has 2 N–H and O–H groups in total. The number of aromatic nitrogens is 4. The van der Waals surface area contributed by atoms with Gasteiger partial charge in [-0.15, -0.1) is 15.3 Å². The van der Waals surface area contributed by atoms with E-state index in [2.05, 4.69) is 20.6 Å². The number of carboxylic acid groups (broad SMARTS) is 1. The van der Waals surface area contributed by atoms with Crippen molar-refractivity contribution in [1.29, 1.82) is 0 Å². The van der Waals surface area contributed by atoms with E-state index in [-0.39, 0.29) is 32.5 Å². The topological polar surface area (TPSA) is 92.4 Å². The molecule has 0 aliphatic carbocycles. The summed E-state index contributed by atoms with van der Waals surface area (Å²) in [6, 6.07) is 10.6. The maximum atomic E-state index is 10.8. The van der Waals surface area contributed by atoms with Crippen LogP contribution in [0.4, 0.5) is 11.5 Å². The molecule has 0 saturated heterocycles. The summed E-state index contributed by atoms with van der Waals surface area (Å²) in [5.74, 6) is -0.178. The van der Waals surface area contributed by atoms with Crippen LogP contribution in [-0.2, 0) is 11.2 Å². The number of carboxylic acids is 1. The number of fused-ring (bicyclic) bond motifs is 1. The van der Waals surface area contributed by atoms with Gasteiger partial charge in [-0.2, -0.15) is 4.52 Å². The predicted octanol–water partition coefficient (Wildman–Crippen LogP) is -0.735. The van der Waals surface area contributed by atoms with Gasteiger partial charge in [0.05, 0.1) is 0 Å². The van der Waals surface area contributed by atoms with Gasteiger partial charge in [0.2, 0.25) is 0 Å². The zero-order chi connectivity index (χ0) is 14.8. The first-order chi connectivity index (χ1) is 10.1. The van der Waals surface area contributed by atoms with Crippen LogP contribution < -0.4 is 24.2 Å². The number of hydrogen-bond donors (Lipinski definition) is 2. The molecule has 3 rings (SSSR count). The van der Waals surface area contributed by atoms with Gasteiger partial charge in [0, 0.05) is 10.7 Å². The van der Waals surface area contributed by atoms with Gasteiger partial charge in [0.25, 0.3) is 0 Å². The van der Waals surface area contributed by atoms with Crippen molar-refractivity contribution in [2.24, 2.45) is 0 Å². The van der Waals surface area contributed by atoms with E-state index in [1.54, 1.807) is 24.3 Å². The Morgan fingerprint density at radius 1 is 1.32 bits per heavy atom. The van der Waals surface area contributed by atoms with Crippen LogP contribution in [-0.4, -0.2) is 30.9 Å². The molecule has 9 heteroatoms. The Morgan fingerprint density at radius 2 is 2.14 bits per heavy atom. The third kappa shape index (κ3) is 3.57. The van der Waals surface area contributed by atoms with Crippen LogP contribution in [0.1, 0.15) is 7.25 Å². The van der Waals surface area contributed by atoms with Crippen LogP contribution >= 0.6 is 11.6 Å². The molecule has 0 aliphatic rings. The van der Waals surface area contributed by atoms with E-state index in [9.17, 15) is 4.79 Å². The fraction of sp³-hybridized carbons (Fsp3) is 0.0769. The molecule has 0 atom stereocenters. The second kappa shape index (κ2) is 6.79. The monoisotopic (exact) mass is 311 g/mol. The summed E-state index contributed by atoms with van der Waals surface area (Å²) in [5.41, 5.74) is 1.27. The van der Waals surface area contributed by atoms with E-state index in [1.807, 2.05) is 12.1 Å². The first-order valence-corrected chi connectivity index (χ1v) is 6.45. The number of hydrogen-bond acceptors (Lipinski definition) is 5. The molecule has 0 aliphatic heterocycles. The van der Waals surface area contributed by atoms with Crippen LogP contribution in [0.5, 0.6) is 0 Å². The molecular weight excluding hydrogens is 301 g/mol. The number of benzene rings is 1. The maximum Gasteiger partial charge on any atom is 1.00 e. The van der Waals surface area contributed by atoms with Crippen molar-refractivity contribution >= 4 is 34.7 Å². The summed E-state index contributed by atoms with van der Waals surface area (Å²) in [6.07, 6.45) is -0.241. The van der Waals surface area contributed by atoms with E-state index >= 15 is 0 Å². The van der Waals surface area contributed by atoms with Crippen LogP contribution in [0.3, 0.4) is 0 Å². The van der Waals surface area contributed by atoms with Crippen LogP contribution in [0.25, 0.3) is 5.65 Å². The average molecular weight is 312 g/mol. The van der Waals surface area contributed by atoms with E-state index in [4.69, 9.17) is 16.7 Å². The first kappa shape index (κ1) is 16.3. The van der Waals surface area contributed by atoms with E-state index in [1.165, 1.54) is 4.52 Å². The van der Waals surface area contributed by atoms with Gasteiger partial charge in [0.15, 0.2) is 17.3 Å². The van der Waals surface area contributed by atoms with Gasteiger partial charge in [0.1, 0.15) is 6.42 Å². The fourth-order valence-corrected chi connectivity index (χ4v) is 2.05. The Hall–Kier alpha value is -2.07. The number of halogens is 1. The van der Waals surface area contributed by atoms with Crippen LogP contribution in [0, 0.1) is 0 Å². The number of nitrogens with zero attached hydrogens (tertiary/aromatic N) is 4. The molecule has 2 aromatic heterocycles. The summed E-state index contributed by atoms with van der Waals surface area (Å²) < 4.78 is 1.40. The molecule has 1 aromatic carbocycles. The summed E-state index contributed by atoms with van der Waals surface area (Å²) in [4.78, 5) is 10.8. The second-order valence-corrected chi connectivity index (χ2v) is 4.75. The number of anilines is 2. The molecule has 22 heavy (non-hydrogen) atoms. The molecule has 0 fully saturated rings. The maximum absolute atomic E-state index is 10.8. The molecule has 108 valence electrons. The third-order valence-corrected chi connectivity index (χ3v) is 2.97. The van der Waals surface area contributed by atoms with Gasteiger partial charge < -0.3 is 11.8 Å². The number of carbonyl (C=O) groups is 1. The molecule has 0 amide bonds. The van der Waals surface area contributed by atoms with Gasteiger partial charge in [-0.3, -0.25) is 4.79 Å². The number of nitrogens with one attached hydrogen (secondary N) is 1. The first-order valence-electron chi connectivity index (χ1n) is 6.07. The van der Waals surface area contributed by atoms with Crippen molar-refractivity contribution in [2.45, 2.75) is 6.42 Å². The largest absolute Gasteiger partial charge is 1.00 e. The molecule has 0 saturated carbocycles.